The van der Waals surface area contributed by atoms with Crippen molar-refractivity contribution < 1.29 is 15.0 Å². The van der Waals surface area contributed by atoms with E-state index in [0.29, 0.717) is 6.42 Å². The van der Waals surface area contributed by atoms with Crippen molar-refractivity contribution in [2.24, 2.45) is 0 Å². The quantitative estimate of drug-likeness (QED) is 0.399. The Morgan fingerprint density at radius 1 is 1.04 bits per heavy atom. The van der Waals surface area contributed by atoms with Crippen LogP contribution in [0.25, 0.3) is 0 Å². The summed E-state index contributed by atoms with van der Waals surface area (Å²) in [5.41, 5.74) is 2.06. The van der Waals surface area contributed by atoms with Crippen LogP contribution in [0.2, 0.25) is 0 Å². The number of rotatable bonds is 15. The Morgan fingerprint density at radius 3 is 2.26 bits per heavy atom. The van der Waals surface area contributed by atoms with Crippen LogP contribution in [0.1, 0.15) is 82.3 Å². The average molecular weight is 378 g/mol. The topological polar surface area (TPSA) is 69.6 Å². The highest BCUT2D eigenvalue weighted by Gasteiger charge is 2.20. The first-order chi connectivity index (χ1) is 13.1. The van der Waals surface area contributed by atoms with Gasteiger partial charge in [-0.3, -0.25) is 4.79 Å². The van der Waals surface area contributed by atoms with Gasteiger partial charge in [0.2, 0.25) is 5.91 Å². The molecule has 2 unspecified atom stereocenters. The van der Waals surface area contributed by atoms with Crippen molar-refractivity contribution in [3.63, 3.8) is 0 Å². The van der Waals surface area contributed by atoms with E-state index in [9.17, 15) is 15.0 Å². The lowest BCUT2D eigenvalue weighted by molar-refractivity contribution is -0.122. The van der Waals surface area contributed by atoms with E-state index in [1.165, 1.54) is 44.9 Å². The van der Waals surface area contributed by atoms with Crippen molar-refractivity contribution in [3.05, 3.63) is 35.4 Å². The number of carbonyl (C=O) groups is 1. The number of benzene rings is 1. The summed E-state index contributed by atoms with van der Waals surface area (Å²) in [6.07, 6.45) is 11.3. The zero-order valence-electron chi connectivity index (χ0n) is 17.3. The van der Waals surface area contributed by atoms with Crippen molar-refractivity contribution in [3.8, 4) is 0 Å². The van der Waals surface area contributed by atoms with Gasteiger partial charge in [-0.2, -0.15) is 0 Å². The van der Waals surface area contributed by atoms with Crippen LogP contribution < -0.4 is 5.32 Å². The SMILES string of the molecule is CCCCCCCCCCCC(O)C(CO)NC(=O)Cc1cccc(C)c1. The van der Waals surface area contributed by atoms with Gasteiger partial charge in [0, 0.05) is 0 Å². The van der Waals surface area contributed by atoms with Gasteiger partial charge in [-0.05, 0) is 18.9 Å². The number of amides is 1. The molecule has 2 atom stereocenters. The Labute approximate surface area is 165 Å². The molecule has 154 valence electrons. The second-order valence-electron chi connectivity index (χ2n) is 7.71. The van der Waals surface area contributed by atoms with Crippen LogP contribution in [0.3, 0.4) is 0 Å². The van der Waals surface area contributed by atoms with Gasteiger partial charge in [0.05, 0.1) is 25.2 Å². The van der Waals surface area contributed by atoms with E-state index in [1.54, 1.807) is 0 Å². The van der Waals surface area contributed by atoms with E-state index < -0.39 is 12.1 Å². The van der Waals surface area contributed by atoms with E-state index in [1.807, 2.05) is 31.2 Å². The first-order valence-corrected chi connectivity index (χ1v) is 10.7. The smallest absolute Gasteiger partial charge is 0.224 e. The van der Waals surface area contributed by atoms with Crippen molar-refractivity contribution >= 4 is 5.91 Å². The van der Waals surface area contributed by atoms with Crippen LogP contribution in [0.4, 0.5) is 0 Å². The summed E-state index contributed by atoms with van der Waals surface area (Å²) in [6.45, 7) is 3.99. The zero-order valence-corrected chi connectivity index (χ0v) is 17.3. The standard InChI is InChI=1S/C23H39NO3/c1-3-4-5-6-7-8-9-10-11-15-22(26)21(18-25)24-23(27)17-20-14-12-13-19(2)16-20/h12-14,16,21-22,25-26H,3-11,15,17-18H2,1-2H3,(H,24,27). The molecule has 0 aliphatic rings. The van der Waals surface area contributed by atoms with E-state index in [4.69, 9.17) is 0 Å². The fraction of sp³-hybridized carbons (Fsp3) is 0.696. The molecule has 4 nitrogen and oxygen atoms in total. The molecular weight excluding hydrogens is 338 g/mol. The first kappa shape index (κ1) is 23.6. The second-order valence-corrected chi connectivity index (χ2v) is 7.71. The molecule has 1 aromatic rings. The summed E-state index contributed by atoms with van der Waals surface area (Å²) in [7, 11) is 0. The van der Waals surface area contributed by atoms with Crippen LogP contribution in [-0.4, -0.2) is 34.9 Å². The van der Waals surface area contributed by atoms with Crippen molar-refractivity contribution in [1.82, 2.24) is 5.32 Å². The predicted molar refractivity (Wildman–Crippen MR) is 112 cm³/mol. The third kappa shape index (κ3) is 11.1. The lowest BCUT2D eigenvalue weighted by Crippen LogP contribution is -2.46. The molecule has 0 saturated heterocycles. The van der Waals surface area contributed by atoms with Gasteiger partial charge < -0.3 is 15.5 Å². The molecule has 0 aromatic heterocycles. The molecule has 4 heteroatoms. The lowest BCUT2D eigenvalue weighted by Gasteiger charge is -2.22. The third-order valence-corrected chi connectivity index (χ3v) is 5.06. The second kappa shape index (κ2) is 14.6. The van der Waals surface area contributed by atoms with Gasteiger partial charge in [0.1, 0.15) is 0 Å². The molecule has 0 heterocycles. The average Bonchev–Trinajstić information content (AvgIpc) is 2.64. The minimum Gasteiger partial charge on any atom is -0.394 e. The number of aryl methyl sites for hydroxylation is 1. The molecule has 0 radical (unpaired) electrons. The Balaban J connectivity index is 2.19. The number of aliphatic hydroxyl groups is 2. The van der Waals surface area contributed by atoms with E-state index in [-0.39, 0.29) is 18.9 Å². The fourth-order valence-corrected chi connectivity index (χ4v) is 3.39. The molecule has 1 rings (SSSR count). The molecule has 0 aliphatic heterocycles. The monoisotopic (exact) mass is 377 g/mol. The number of hydrogen-bond acceptors (Lipinski definition) is 3. The fourth-order valence-electron chi connectivity index (χ4n) is 3.39. The normalized spacial score (nSPS) is 13.3. The summed E-state index contributed by atoms with van der Waals surface area (Å²) in [6, 6.07) is 7.23. The van der Waals surface area contributed by atoms with Crippen LogP contribution in [0.15, 0.2) is 24.3 Å². The maximum absolute atomic E-state index is 12.2. The molecule has 0 aliphatic carbocycles. The molecule has 3 N–H and O–H groups in total. The van der Waals surface area contributed by atoms with Crippen molar-refractivity contribution in [1.29, 1.82) is 0 Å². The van der Waals surface area contributed by atoms with Gasteiger partial charge in [0.25, 0.3) is 0 Å². The largest absolute Gasteiger partial charge is 0.394 e. The third-order valence-electron chi connectivity index (χ3n) is 5.06. The Kier molecular flexibility index (Phi) is 12.8. The number of carbonyl (C=O) groups excluding carboxylic acids is 1. The van der Waals surface area contributed by atoms with E-state index >= 15 is 0 Å². The number of aliphatic hydroxyl groups excluding tert-OH is 2. The van der Waals surface area contributed by atoms with Gasteiger partial charge in [-0.15, -0.1) is 0 Å². The summed E-state index contributed by atoms with van der Waals surface area (Å²) in [5, 5.41) is 22.6. The summed E-state index contributed by atoms with van der Waals surface area (Å²) in [5.74, 6) is -0.161. The molecule has 0 fully saturated rings. The zero-order chi connectivity index (χ0) is 19.9. The molecule has 27 heavy (non-hydrogen) atoms. The summed E-state index contributed by atoms with van der Waals surface area (Å²) < 4.78 is 0. The molecule has 1 aromatic carbocycles. The Bertz CT molecular complexity index is 518. The van der Waals surface area contributed by atoms with E-state index in [2.05, 4.69) is 12.2 Å². The lowest BCUT2D eigenvalue weighted by atomic mass is 10.0. The first-order valence-electron chi connectivity index (χ1n) is 10.7. The molecule has 0 saturated carbocycles. The van der Waals surface area contributed by atoms with Crippen molar-refractivity contribution in [2.75, 3.05) is 6.61 Å². The molecule has 1 amide bonds. The number of unbranched alkanes of at least 4 members (excludes halogenated alkanes) is 8. The summed E-state index contributed by atoms with van der Waals surface area (Å²) >= 11 is 0. The van der Waals surface area contributed by atoms with Crippen LogP contribution in [0, 0.1) is 6.92 Å². The molecule has 0 bridgehead atoms. The van der Waals surface area contributed by atoms with Crippen LogP contribution in [-0.2, 0) is 11.2 Å². The van der Waals surface area contributed by atoms with E-state index in [0.717, 1.165) is 24.0 Å². The number of hydrogen-bond donors (Lipinski definition) is 3. The van der Waals surface area contributed by atoms with Gasteiger partial charge in [0.15, 0.2) is 0 Å². The predicted octanol–water partition coefficient (Wildman–Crippen LogP) is 4.30. The number of nitrogens with one attached hydrogen (secondary N) is 1. The minimum atomic E-state index is -0.694. The van der Waals surface area contributed by atoms with Gasteiger partial charge in [-0.25, -0.2) is 0 Å². The maximum atomic E-state index is 12.2. The summed E-state index contributed by atoms with van der Waals surface area (Å²) in [4.78, 5) is 12.2. The Hall–Kier alpha value is -1.39. The van der Waals surface area contributed by atoms with Gasteiger partial charge in [-0.1, -0.05) is 94.5 Å². The maximum Gasteiger partial charge on any atom is 0.224 e. The van der Waals surface area contributed by atoms with Crippen LogP contribution in [0.5, 0.6) is 0 Å². The highest BCUT2D eigenvalue weighted by molar-refractivity contribution is 5.79. The molecular formula is C23H39NO3. The highest BCUT2D eigenvalue weighted by atomic mass is 16.3. The van der Waals surface area contributed by atoms with Gasteiger partial charge >= 0.3 is 0 Å². The highest BCUT2D eigenvalue weighted by Crippen LogP contribution is 2.13. The Morgan fingerprint density at radius 2 is 1.67 bits per heavy atom. The minimum absolute atomic E-state index is 0.161. The van der Waals surface area contributed by atoms with Crippen molar-refractivity contribution in [2.45, 2.75) is 96.6 Å². The molecule has 0 spiro atoms. The van der Waals surface area contributed by atoms with Crippen LogP contribution >= 0.6 is 0 Å².